The van der Waals surface area contributed by atoms with Crippen LogP contribution in [0.25, 0.3) is 10.3 Å². The maximum atomic E-state index is 10.5. The number of carbonyl (C=O) groups is 1. The average molecular weight is 440 g/mol. The van der Waals surface area contributed by atoms with E-state index >= 15 is 0 Å². The molecule has 3 aromatic rings. The number of fused-ring (bicyclic) bond motifs is 2. The second kappa shape index (κ2) is 9.15. The molecule has 1 fully saturated rings. The van der Waals surface area contributed by atoms with Crippen molar-refractivity contribution >= 4 is 39.6 Å². The van der Waals surface area contributed by atoms with Crippen molar-refractivity contribution < 1.29 is 4.79 Å². The molecular weight excluding hydrogens is 410 g/mol. The van der Waals surface area contributed by atoms with Gasteiger partial charge in [-0.2, -0.15) is 0 Å². The minimum Gasteiger partial charge on any atom is -0.396 e. The topological polar surface area (TPSA) is 123 Å². The summed E-state index contributed by atoms with van der Waals surface area (Å²) < 4.78 is 0. The predicted molar refractivity (Wildman–Crippen MR) is 125 cm³/mol. The molecule has 0 spiro atoms. The fourth-order valence-electron chi connectivity index (χ4n) is 4.09. The van der Waals surface area contributed by atoms with Gasteiger partial charge in [-0.1, -0.05) is 6.07 Å². The number of aryl methyl sites for hydroxylation is 3. The lowest BCUT2D eigenvalue weighted by molar-refractivity contribution is -0.110. The maximum Gasteiger partial charge on any atom is 0.207 e. The van der Waals surface area contributed by atoms with Gasteiger partial charge in [0.15, 0.2) is 0 Å². The van der Waals surface area contributed by atoms with Crippen LogP contribution in [0.4, 0.5) is 11.5 Å². The van der Waals surface area contributed by atoms with E-state index in [-0.39, 0.29) is 12.1 Å². The molecule has 1 saturated heterocycles. The van der Waals surface area contributed by atoms with Crippen LogP contribution in [-0.2, 0) is 17.6 Å². The molecule has 0 radical (unpaired) electrons. The van der Waals surface area contributed by atoms with Crippen LogP contribution < -0.4 is 21.7 Å². The molecule has 1 aliphatic heterocycles. The first-order chi connectivity index (χ1) is 14.9. The Bertz CT molecular complexity index is 1080. The van der Waals surface area contributed by atoms with Crippen molar-refractivity contribution in [1.29, 1.82) is 0 Å². The minimum atomic E-state index is 0.262. The Morgan fingerprint density at radius 3 is 2.84 bits per heavy atom. The number of nitrogens with two attached hydrogens (primary N) is 2. The monoisotopic (exact) mass is 439 g/mol. The number of rotatable bonds is 3. The minimum absolute atomic E-state index is 0.262. The number of nitrogens with one attached hydrogen (secondary N) is 1. The first-order valence-corrected chi connectivity index (χ1v) is 11.4. The Morgan fingerprint density at radius 1 is 1.26 bits per heavy atom. The smallest absolute Gasteiger partial charge is 0.207 e. The van der Waals surface area contributed by atoms with Gasteiger partial charge in [-0.25, -0.2) is 15.0 Å². The van der Waals surface area contributed by atoms with Crippen LogP contribution >= 0.6 is 11.3 Å². The van der Waals surface area contributed by atoms with Gasteiger partial charge in [0.2, 0.25) is 6.41 Å². The number of anilines is 2. The summed E-state index contributed by atoms with van der Waals surface area (Å²) in [5, 5.41) is 2.87. The first-order valence-electron chi connectivity index (χ1n) is 10.6. The Balaban J connectivity index is 0.000000166. The van der Waals surface area contributed by atoms with Crippen LogP contribution in [-0.4, -0.2) is 46.5 Å². The molecular formula is C22H29N7OS. The van der Waals surface area contributed by atoms with E-state index in [0.717, 1.165) is 77.6 Å². The quantitative estimate of drug-likeness (QED) is 0.534. The molecule has 1 amide bonds. The Labute approximate surface area is 186 Å². The summed E-state index contributed by atoms with van der Waals surface area (Å²) in [6, 6.07) is 4.78. The lowest BCUT2D eigenvalue weighted by atomic mass is 9.92. The van der Waals surface area contributed by atoms with Crippen LogP contribution in [0.1, 0.15) is 34.7 Å². The SMILES string of the molecule is Cc1cnc2c(N)c(C)sc2n1.NC1CCN(c2ccc3c(n2)CCC(NC=O)C3)C1. The van der Waals surface area contributed by atoms with E-state index in [9.17, 15) is 4.79 Å². The molecule has 5 rings (SSSR count). The Hall–Kier alpha value is -2.78. The number of carbonyl (C=O) groups excluding carboxylic acids is 1. The number of thiophene rings is 1. The van der Waals surface area contributed by atoms with Crippen molar-refractivity contribution in [1.82, 2.24) is 20.3 Å². The molecule has 2 aliphatic rings. The van der Waals surface area contributed by atoms with Crippen LogP contribution in [0.2, 0.25) is 0 Å². The summed E-state index contributed by atoms with van der Waals surface area (Å²) in [6.45, 7) is 5.82. The number of nitrogen functional groups attached to an aromatic ring is 1. The van der Waals surface area contributed by atoms with Crippen LogP contribution in [0.5, 0.6) is 0 Å². The zero-order valence-corrected chi connectivity index (χ0v) is 18.8. The number of amides is 1. The lowest BCUT2D eigenvalue weighted by Gasteiger charge is -2.25. The molecule has 9 heteroatoms. The van der Waals surface area contributed by atoms with Crippen molar-refractivity contribution in [3.63, 3.8) is 0 Å². The van der Waals surface area contributed by atoms with E-state index in [2.05, 4.69) is 32.3 Å². The normalized spacial score (nSPS) is 20.2. The van der Waals surface area contributed by atoms with E-state index in [1.807, 2.05) is 13.8 Å². The Morgan fingerprint density at radius 2 is 2.10 bits per heavy atom. The van der Waals surface area contributed by atoms with Gasteiger partial charge in [0.1, 0.15) is 16.2 Å². The maximum absolute atomic E-state index is 10.5. The van der Waals surface area contributed by atoms with Crippen molar-refractivity contribution in [2.75, 3.05) is 23.7 Å². The van der Waals surface area contributed by atoms with E-state index in [1.54, 1.807) is 17.5 Å². The summed E-state index contributed by atoms with van der Waals surface area (Å²) in [4.78, 5) is 28.1. The molecule has 0 aromatic carbocycles. The standard InChI is InChI=1S/C14H20N4O.C8H9N3S/c15-11-5-6-18(8-11)14-4-1-10-7-12(16-9-19)2-3-13(10)17-14;1-4-3-10-7-6(9)5(2)12-8(7)11-4/h1,4,9,11-12H,2-3,5-8,15H2,(H,16,19);3H,9H2,1-2H3. The van der Waals surface area contributed by atoms with Gasteiger partial charge in [-0.05, 0) is 51.2 Å². The fourth-order valence-corrected chi connectivity index (χ4v) is 5.03. The Kier molecular flexibility index (Phi) is 6.33. The third-order valence-electron chi connectivity index (χ3n) is 5.85. The summed E-state index contributed by atoms with van der Waals surface area (Å²) in [6.07, 6.45) is 6.38. The summed E-state index contributed by atoms with van der Waals surface area (Å²) in [5.74, 6) is 1.05. The average Bonchev–Trinajstić information content (AvgIpc) is 3.31. The largest absolute Gasteiger partial charge is 0.396 e. The summed E-state index contributed by atoms with van der Waals surface area (Å²) in [5.41, 5.74) is 16.7. The lowest BCUT2D eigenvalue weighted by Crippen LogP contribution is -2.34. The molecule has 2 atom stereocenters. The zero-order valence-electron chi connectivity index (χ0n) is 18.0. The van der Waals surface area contributed by atoms with Crippen molar-refractivity contribution in [2.45, 2.75) is 51.6 Å². The highest BCUT2D eigenvalue weighted by Gasteiger charge is 2.23. The van der Waals surface area contributed by atoms with Gasteiger partial charge in [-0.3, -0.25) is 4.79 Å². The van der Waals surface area contributed by atoms with Gasteiger partial charge < -0.3 is 21.7 Å². The molecule has 4 heterocycles. The van der Waals surface area contributed by atoms with Gasteiger partial charge in [0.05, 0.1) is 11.4 Å². The van der Waals surface area contributed by atoms with E-state index in [0.29, 0.717) is 0 Å². The highest BCUT2D eigenvalue weighted by Crippen LogP contribution is 2.29. The van der Waals surface area contributed by atoms with Crippen molar-refractivity contribution in [3.8, 4) is 0 Å². The number of aromatic nitrogens is 3. The van der Waals surface area contributed by atoms with Gasteiger partial charge in [0, 0.05) is 41.9 Å². The van der Waals surface area contributed by atoms with Gasteiger partial charge >= 0.3 is 0 Å². The van der Waals surface area contributed by atoms with Crippen molar-refractivity contribution in [3.05, 3.63) is 40.2 Å². The molecule has 3 aromatic heterocycles. The van der Waals surface area contributed by atoms with Crippen LogP contribution in [0.3, 0.4) is 0 Å². The van der Waals surface area contributed by atoms with Crippen LogP contribution in [0.15, 0.2) is 18.3 Å². The number of hydrogen-bond donors (Lipinski definition) is 3. The third-order valence-corrected chi connectivity index (χ3v) is 6.85. The third kappa shape index (κ3) is 4.77. The van der Waals surface area contributed by atoms with E-state index < -0.39 is 0 Å². The molecule has 164 valence electrons. The number of nitrogens with zero attached hydrogens (tertiary/aromatic N) is 4. The number of pyridine rings is 1. The second-order valence-electron chi connectivity index (χ2n) is 8.23. The summed E-state index contributed by atoms with van der Waals surface area (Å²) >= 11 is 1.59. The molecule has 0 saturated carbocycles. The second-order valence-corrected chi connectivity index (χ2v) is 9.43. The van der Waals surface area contributed by atoms with E-state index in [1.165, 1.54) is 11.3 Å². The fraction of sp³-hybridized carbons (Fsp3) is 0.455. The van der Waals surface area contributed by atoms with Gasteiger partial charge in [0.25, 0.3) is 0 Å². The summed E-state index contributed by atoms with van der Waals surface area (Å²) in [7, 11) is 0. The zero-order chi connectivity index (χ0) is 22.0. The molecule has 1 aliphatic carbocycles. The van der Waals surface area contributed by atoms with Gasteiger partial charge in [-0.15, -0.1) is 11.3 Å². The van der Waals surface area contributed by atoms with Crippen molar-refractivity contribution in [2.24, 2.45) is 5.73 Å². The van der Waals surface area contributed by atoms with E-state index in [4.69, 9.17) is 16.5 Å². The molecule has 5 N–H and O–H groups in total. The van der Waals surface area contributed by atoms with Crippen LogP contribution in [0, 0.1) is 13.8 Å². The first kappa shape index (κ1) is 21.5. The molecule has 31 heavy (non-hydrogen) atoms. The molecule has 0 bridgehead atoms. The molecule has 2 unspecified atom stereocenters. The predicted octanol–water partition coefficient (Wildman–Crippen LogP) is 2.11. The highest BCUT2D eigenvalue weighted by atomic mass is 32.1. The highest BCUT2D eigenvalue weighted by molar-refractivity contribution is 7.19. The molecule has 8 nitrogen and oxygen atoms in total. The number of hydrogen-bond acceptors (Lipinski definition) is 8.